The summed E-state index contributed by atoms with van der Waals surface area (Å²) in [7, 11) is 0. The number of aromatic nitrogens is 1. The average Bonchev–Trinajstić information content (AvgIpc) is 2.83. The van der Waals surface area contributed by atoms with Gasteiger partial charge in [0.1, 0.15) is 11.5 Å². The molecule has 4 aromatic rings. The van der Waals surface area contributed by atoms with Crippen LogP contribution in [0.25, 0.3) is 0 Å². The SMILES string of the molecule is O=C(Nc1ccc(F)cc1NC(=O)C(c1ccccc1)c1ccccc1)c1ccccn1. The van der Waals surface area contributed by atoms with E-state index in [1.807, 2.05) is 60.7 Å². The molecule has 0 radical (unpaired) electrons. The van der Waals surface area contributed by atoms with E-state index in [1.165, 1.54) is 24.4 Å². The summed E-state index contributed by atoms with van der Waals surface area (Å²) in [5.74, 6) is -1.95. The van der Waals surface area contributed by atoms with Gasteiger partial charge in [-0.05, 0) is 41.5 Å². The van der Waals surface area contributed by atoms with Gasteiger partial charge in [-0.15, -0.1) is 0 Å². The van der Waals surface area contributed by atoms with Gasteiger partial charge in [0.25, 0.3) is 5.91 Å². The molecule has 0 spiro atoms. The van der Waals surface area contributed by atoms with Crippen LogP contribution in [-0.2, 0) is 4.79 Å². The third-order valence-corrected chi connectivity index (χ3v) is 4.91. The second kappa shape index (κ2) is 9.66. The number of carbonyl (C=O) groups excluding carboxylic acids is 2. The van der Waals surface area contributed by atoms with Crippen LogP contribution in [0.1, 0.15) is 27.5 Å². The minimum absolute atomic E-state index is 0.163. The van der Waals surface area contributed by atoms with Gasteiger partial charge in [-0.25, -0.2) is 4.39 Å². The van der Waals surface area contributed by atoms with E-state index in [0.717, 1.165) is 11.1 Å². The lowest BCUT2D eigenvalue weighted by Gasteiger charge is -2.19. The molecule has 1 aromatic heterocycles. The maximum absolute atomic E-state index is 14.0. The number of carbonyl (C=O) groups is 2. The number of hydrogen-bond donors (Lipinski definition) is 2. The molecule has 2 amide bonds. The van der Waals surface area contributed by atoms with Crippen molar-refractivity contribution in [2.24, 2.45) is 0 Å². The van der Waals surface area contributed by atoms with Crippen molar-refractivity contribution >= 4 is 23.2 Å². The summed E-state index contributed by atoms with van der Waals surface area (Å²) in [5, 5.41) is 5.49. The normalized spacial score (nSPS) is 10.6. The van der Waals surface area contributed by atoms with Gasteiger partial charge in [0, 0.05) is 6.20 Å². The smallest absolute Gasteiger partial charge is 0.274 e. The molecule has 2 N–H and O–H groups in total. The van der Waals surface area contributed by atoms with Gasteiger partial charge < -0.3 is 10.6 Å². The first-order chi connectivity index (χ1) is 15.6. The van der Waals surface area contributed by atoms with Crippen molar-refractivity contribution < 1.29 is 14.0 Å². The summed E-state index contributed by atoms with van der Waals surface area (Å²) in [6.07, 6.45) is 1.51. The number of hydrogen-bond acceptors (Lipinski definition) is 3. The van der Waals surface area contributed by atoms with E-state index in [4.69, 9.17) is 0 Å². The van der Waals surface area contributed by atoms with Crippen molar-refractivity contribution in [3.8, 4) is 0 Å². The zero-order chi connectivity index (χ0) is 22.3. The number of pyridine rings is 1. The summed E-state index contributed by atoms with van der Waals surface area (Å²) < 4.78 is 14.0. The molecule has 32 heavy (non-hydrogen) atoms. The van der Waals surface area contributed by atoms with Gasteiger partial charge >= 0.3 is 0 Å². The molecule has 0 fully saturated rings. The minimum atomic E-state index is -0.611. The number of nitrogens with one attached hydrogen (secondary N) is 2. The number of nitrogens with zero attached hydrogens (tertiary/aromatic N) is 1. The zero-order valence-corrected chi connectivity index (χ0v) is 17.0. The summed E-state index contributed by atoms with van der Waals surface area (Å²) in [6, 6.07) is 27.4. The van der Waals surface area contributed by atoms with Crippen LogP contribution < -0.4 is 10.6 Å². The van der Waals surface area contributed by atoms with Gasteiger partial charge in [0.15, 0.2) is 0 Å². The largest absolute Gasteiger partial charge is 0.323 e. The Morgan fingerprint density at radius 2 is 1.34 bits per heavy atom. The van der Waals surface area contributed by atoms with E-state index in [1.54, 1.807) is 18.2 Å². The number of halogens is 1. The van der Waals surface area contributed by atoms with Crippen LogP contribution in [0.5, 0.6) is 0 Å². The fourth-order valence-electron chi connectivity index (χ4n) is 3.40. The van der Waals surface area contributed by atoms with Crippen LogP contribution in [0.2, 0.25) is 0 Å². The second-order valence-electron chi connectivity index (χ2n) is 7.10. The molecule has 0 aliphatic rings. The second-order valence-corrected chi connectivity index (χ2v) is 7.10. The lowest BCUT2D eigenvalue weighted by molar-refractivity contribution is -0.116. The molecule has 0 aliphatic heterocycles. The highest BCUT2D eigenvalue weighted by Gasteiger charge is 2.24. The van der Waals surface area contributed by atoms with Crippen LogP contribution in [0.15, 0.2) is 103 Å². The highest BCUT2D eigenvalue weighted by Crippen LogP contribution is 2.29. The van der Waals surface area contributed by atoms with Crippen molar-refractivity contribution in [1.29, 1.82) is 0 Å². The van der Waals surface area contributed by atoms with Crippen LogP contribution in [0.3, 0.4) is 0 Å². The molecule has 0 saturated heterocycles. The molecule has 3 aromatic carbocycles. The summed E-state index contributed by atoms with van der Waals surface area (Å²) in [6.45, 7) is 0. The lowest BCUT2D eigenvalue weighted by Crippen LogP contribution is -2.23. The molecular weight excluding hydrogens is 405 g/mol. The molecular formula is C26H20FN3O2. The molecule has 0 atom stereocenters. The molecule has 5 nitrogen and oxygen atoms in total. The Kier molecular flexibility index (Phi) is 6.32. The summed E-state index contributed by atoms with van der Waals surface area (Å²) >= 11 is 0. The van der Waals surface area contributed by atoms with Crippen molar-refractivity contribution in [1.82, 2.24) is 4.98 Å². The fourth-order valence-corrected chi connectivity index (χ4v) is 3.40. The van der Waals surface area contributed by atoms with E-state index in [-0.39, 0.29) is 23.0 Å². The molecule has 4 rings (SSSR count). The van der Waals surface area contributed by atoms with E-state index in [0.29, 0.717) is 0 Å². The Bertz CT molecular complexity index is 1180. The Hall–Kier alpha value is -4.32. The van der Waals surface area contributed by atoms with Gasteiger partial charge in [0.05, 0.1) is 17.3 Å². The molecule has 1 heterocycles. The van der Waals surface area contributed by atoms with Gasteiger partial charge in [-0.1, -0.05) is 66.7 Å². The number of anilines is 2. The first-order valence-corrected chi connectivity index (χ1v) is 10.0. The third kappa shape index (κ3) is 4.87. The summed E-state index contributed by atoms with van der Waals surface area (Å²) in [5.41, 5.74) is 2.24. The minimum Gasteiger partial charge on any atom is -0.323 e. The first kappa shape index (κ1) is 20.9. The molecule has 0 bridgehead atoms. The standard InChI is InChI=1S/C26H20FN3O2/c27-20-14-15-21(29-25(31)22-13-7-8-16-28-22)23(17-20)30-26(32)24(18-9-3-1-4-10-18)19-11-5-2-6-12-19/h1-17,24H,(H,29,31)(H,30,32). The molecule has 158 valence electrons. The Labute approximate surface area is 185 Å². The van der Waals surface area contributed by atoms with Crippen molar-refractivity contribution in [3.63, 3.8) is 0 Å². The maximum Gasteiger partial charge on any atom is 0.274 e. The van der Waals surface area contributed by atoms with Crippen molar-refractivity contribution in [2.75, 3.05) is 10.6 Å². The molecule has 0 aliphatic carbocycles. The maximum atomic E-state index is 14.0. The van der Waals surface area contributed by atoms with Crippen LogP contribution in [0.4, 0.5) is 15.8 Å². The van der Waals surface area contributed by atoms with Crippen LogP contribution >= 0.6 is 0 Å². The fraction of sp³-hybridized carbons (Fsp3) is 0.0385. The first-order valence-electron chi connectivity index (χ1n) is 10.0. The molecule has 6 heteroatoms. The third-order valence-electron chi connectivity index (χ3n) is 4.91. The van der Waals surface area contributed by atoms with Gasteiger partial charge in [0.2, 0.25) is 5.91 Å². The van der Waals surface area contributed by atoms with E-state index < -0.39 is 17.6 Å². The van der Waals surface area contributed by atoms with E-state index >= 15 is 0 Å². The lowest BCUT2D eigenvalue weighted by atomic mass is 9.90. The van der Waals surface area contributed by atoms with Gasteiger partial charge in [-0.3, -0.25) is 14.6 Å². The molecule has 0 saturated carbocycles. The molecule has 0 unspecified atom stereocenters. The Morgan fingerprint density at radius 3 is 1.94 bits per heavy atom. The van der Waals surface area contributed by atoms with E-state index in [9.17, 15) is 14.0 Å². The topological polar surface area (TPSA) is 71.1 Å². The van der Waals surface area contributed by atoms with Crippen molar-refractivity contribution in [2.45, 2.75) is 5.92 Å². The highest BCUT2D eigenvalue weighted by atomic mass is 19.1. The Balaban J connectivity index is 1.64. The number of benzene rings is 3. The van der Waals surface area contributed by atoms with Crippen LogP contribution in [0, 0.1) is 5.82 Å². The average molecular weight is 425 g/mol. The predicted octanol–water partition coefficient (Wildman–Crippen LogP) is 5.24. The van der Waals surface area contributed by atoms with Crippen molar-refractivity contribution in [3.05, 3.63) is 126 Å². The summed E-state index contributed by atoms with van der Waals surface area (Å²) in [4.78, 5) is 29.9. The Morgan fingerprint density at radius 1 is 0.719 bits per heavy atom. The van der Waals surface area contributed by atoms with Gasteiger partial charge in [-0.2, -0.15) is 0 Å². The van der Waals surface area contributed by atoms with E-state index in [2.05, 4.69) is 15.6 Å². The highest BCUT2D eigenvalue weighted by molar-refractivity contribution is 6.07. The number of amides is 2. The zero-order valence-electron chi connectivity index (χ0n) is 17.0. The number of rotatable bonds is 6. The predicted molar refractivity (Wildman–Crippen MR) is 122 cm³/mol. The quantitative estimate of drug-likeness (QED) is 0.444. The van der Waals surface area contributed by atoms with Crippen LogP contribution in [-0.4, -0.2) is 16.8 Å². The monoisotopic (exact) mass is 425 g/mol.